The molecule has 2 rings (SSSR count). The Morgan fingerprint density at radius 3 is 2.47 bits per heavy atom. The third-order valence-electron chi connectivity index (χ3n) is 2.91. The molecule has 17 heavy (non-hydrogen) atoms. The zero-order chi connectivity index (χ0) is 12.5. The van der Waals surface area contributed by atoms with E-state index in [9.17, 15) is 12.8 Å². The molecule has 0 amide bonds. The fraction of sp³-hybridized carbons (Fsp3) is 0.455. The minimum absolute atomic E-state index is 0.0240. The van der Waals surface area contributed by atoms with Crippen LogP contribution in [0.25, 0.3) is 0 Å². The Labute approximate surface area is 100 Å². The van der Waals surface area contributed by atoms with E-state index in [1.807, 2.05) is 0 Å². The molecule has 1 N–H and O–H groups in total. The minimum Gasteiger partial charge on any atom is -0.386 e. The molecule has 94 valence electrons. The van der Waals surface area contributed by atoms with Crippen molar-refractivity contribution in [2.75, 3.05) is 25.5 Å². The number of hydrogen-bond donors (Lipinski definition) is 1. The molecule has 1 saturated heterocycles. The highest BCUT2D eigenvalue weighted by atomic mass is 32.2. The summed E-state index contributed by atoms with van der Waals surface area (Å²) >= 11 is 0. The van der Waals surface area contributed by atoms with Crippen molar-refractivity contribution in [1.82, 2.24) is 4.31 Å². The Bertz CT molecular complexity index is 510. The van der Waals surface area contributed by atoms with Gasteiger partial charge < -0.3 is 5.32 Å². The van der Waals surface area contributed by atoms with Gasteiger partial charge in [-0.25, -0.2) is 12.8 Å². The Kier molecular flexibility index (Phi) is 3.35. The summed E-state index contributed by atoms with van der Waals surface area (Å²) in [5, 5.41) is 2.66. The average molecular weight is 258 g/mol. The van der Waals surface area contributed by atoms with Gasteiger partial charge in [0.1, 0.15) is 5.82 Å². The van der Waals surface area contributed by atoms with E-state index in [2.05, 4.69) is 5.32 Å². The van der Waals surface area contributed by atoms with Crippen LogP contribution in [0.1, 0.15) is 12.8 Å². The second kappa shape index (κ2) is 4.62. The van der Waals surface area contributed by atoms with Gasteiger partial charge in [0.2, 0.25) is 10.0 Å². The fourth-order valence-corrected chi connectivity index (χ4v) is 3.47. The molecule has 0 aromatic heterocycles. The van der Waals surface area contributed by atoms with Crippen LogP contribution in [0.2, 0.25) is 0 Å². The van der Waals surface area contributed by atoms with Crippen LogP contribution in [0.4, 0.5) is 10.1 Å². The Balaban J connectivity index is 2.36. The first-order chi connectivity index (χ1) is 8.05. The summed E-state index contributed by atoms with van der Waals surface area (Å²) in [5.41, 5.74) is 0.297. The van der Waals surface area contributed by atoms with Gasteiger partial charge in [-0.3, -0.25) is 0 Å². The van der Waals surface area contributed by atoms with E-state index in [1.165, 1.54) is 16.4 Å². The lowest BCUT2D eigenvalue weighted by atomic mass is 10.3. The van der Waals surface area contributed by atoms with E-state index < -0.39 is 15.8 Å². The molecule has 0 radical (unpaired) electrons. The van der Waals surface area contributed by atoms with Crippen molar-refractivity contribution in [3.63, 3.8) is 0 Å². The van der Waals surface area contributed by atoms with Gasteiger partial charge >= 0.3 is 0 Å². The third-order valence-corrected chi connectivity index (χ3v) is 4.81. The Hall–Kier alpha value is -1.14. The van der Waals surface area contributed by atoms with Crippen molar-refractivity contribution in [2.45, 2.75) is 17.7 Å². The van der Waals surface area contributed by atoms with Crippen LogP contribution >= 0.6 is 0 Å². The van der Waals surface area contributed by atoms with Gasteiger partial charge in [-0.1, -0.05) is 0 Å². The predicted molar refractivity (Wildman–Crippen MR) is 63.9 cm³/mol. The number of nitrogens with one attached hydrogen (secondary N) is 1. The lowest BCUT2D eigenvalue weighted by Gasteiger charge is -2.15. The standard InChI is InChI=1S/C11H15FN2O2S/c1-13-11-5-4-9(8-10(11)12)17(15,16)14-6-2-3-7-14/h4-5,8,13H,2-3,6-7H2,1H3. The maximum Gasteiger partial charge on any atom is 0.243 e. The number of benzene rings is 1. The van der Waals surface area contributed by atoms with Gasteiger partial charge in [0, 0.05) is 20.1 Å². The van der Waals surface area contributed by atoms with E-state index >= 15 is 0 Å². The van der Waals surface area contributed by atoms with E-state index in [-0.39, 0.29) is 4.90 Å². The van der Waals surface area contributed by atoms with E-state index in [4.69, 9.17) is 0 Å². The molecule has 0 bridgehead atoms. The molecule has 1 fully saturated rings. The molecule has 0 unspecified atom stereocenters. The van der Waals surface area contributed by atoms with E-state index in [0.29, 0.717) is 18.8 Å². The second-order valence-electron chi connectivity index (χ2n) is 4.00. The Morgan fingerprint density at radius 1 is 1.29 bits per heavy atom. The molecule has 1 aromatic rings. The topological polar surface area (TPSA) is 49.4 Å². The monoisotopic (exact) mass is 258 g/mol. The molecule has 0 spiro atoms. The first kappa shape index (κ1) is 12.3. The summed E-state index contributed by atoms with van der Waals surface area (Å²) in [6, 6.07) is 3.94. The lowest BCUT2D eigenvalue weighted by molar-refractivity contribution is 0.476. The van der Waals surface area contributed by atoms with Crippen LogP contribution in [0.5, 0.6) is 0 Å². The minimum atomic E-state index is -3.52. The fourth-order valence-electron chi connectivity index (χ4n) is 1.94. The molecule has 1 aliphatic heterocycles. The number of hydrogen-bond acceptors (Lipinski definition) is 3. The van der Waals surface area contributed by atoms with Gasteiger partial charge in [-0.2, -0.15) is 4.31 Å². The number of anilines is 1. The van der Waals surface area contributed by atoms with E-state index in [0.717, 1.165) is 18.9 Å². The highest BCUT2D eigenvalue weighted by Crippen LogP contribution is 2.24. The highest BCUT2D eigenvalue weighted by molar-refractivity contribution is 7.89. The quantitative estimate of drug-likeness (QED) is 0.897. The van der Waals surface area contributed by atoms with Crippen LogP contribution in [0, 0.1) is 5.82 Å². The van der Waals surface area contributed by atoms with Gasteiger partial charge in [-0.05, 0) is 31.0 Å². The molecule has 0 aliphatic carbocycles. The summed E-state index contributed by atoms with van der Waals surface area (Å²) in [4.78, 5) is 0.0240. The number of rotatable bonds is 3. The van der Waals surface area contributed by atoms with Crippen molar-refractivity contribution < 1.29 is 12.8 Å². The molecule has 1 aliphatic rings. The second-order valence-corrected chi connectivity index (χ2v) is 5.94. The normalized spacial score (nSPS) is 17.3. The van der Waals surface area contributed by atoms with Crippen LogP contribution in [0.3, 0.4) is 0 Å². The van der Waals surface area contributed by atoms with Gasteiger partial charge in [-0.15, -0.1) is 0 Å². The summed E-state index contributed by atoms with van der Waals surface area (Å²) in [7, 11) is -1.93. The molecule has 1 aromatic carbocycles. The summed E-state index contributed by atoms with van der Waals surface area (Å²) < 4.78 is 39.2. The first-order valence-corrected chi connectivity index (χ1v) is 6.97. The van der Waals surface area contributed by atoms with Crippen molar-refractivity contribution in [1.29, 1.82) is 0 Å². The van der Waals surface area contributed by atoms with Crippen LogP contribution in [-0.2, 0) is 10.0 Å². The van der Waals surface area contributed by atoms with Crippen molar-refractivity contribution >= 4 is 15.7 Å². The lowest BCUT2D eigenvalue weighted by Crippen LogP contribution is -2.27. The maximum atomic E-state index is 13.5. The maximum absolute atomic E-state index is 13.5. The van der Waals surface area contributed by atoms with Crippen LogP contribution < -0.4 is 5.32 Å². The highest BCUT2D eigenvalue weighted by Gasteiger charge is 2.27. The molecule has 4 nitrogen and oxygen atoms in total. The van der Waals surface area contributed by atoms with Gasteiger partial charge in [0.05, 0.1) is 10.6 Å². The summed E-state index contributed by atoms with van der Waals surface area (Å²) in [6.07, 6.45) is 1.74. The van der Waals surface area contributed by atoms with Gasteiger partial charge in [0.15, 0.2) is 0 Å². The third kappa shape index (κ3) is 2.28. The SMILES string of the molecule is CNc1ccc(S(=O)(=O)N2CCCC2)cc1F. The smallest absolute Gasteiger partial charge is 0.243 e. The van der Waals surface area contributed by atoms with Crippen molar-refractivity contribution in [3.8, 4) is 0 Å². The van der Waals surface area contributed by atoms with Crippen LogP contribution in [-0.4, -0.2) is 32.9 Å². The molecule has 6 heteroatoms. The summed E-state index contributed by atoms with van der Waals surface area (Å²) in [6.45, 7) is 1.05. The molecular weight excluding hydrogens is 243 g/mol. The van der Waals surface area contributed by atoms with Crippen molar-refractivity contribution in [2.24, 2.45) is 0 Å². The van der Waals surface area contributed by atoms with Gasteiger partial charge in [0.25, 0.3) is 0 Å². The Morgan fingerprint density at radius 2 is 1.94 bits per heavy atom. The molecular formula is C11H15FN2O2S. The number of halogens is 1. The van der Waals surface area contributed by atoms with Crippen molar-refractivity contribution in [3.05, 3.63) is 24.0 Å². The number of sulfonamides is 1. The van der Waals surface area contributed by atoms with Crippen LogP contribution in [0.15, 0.2) is 23.1 Å². The van der Waals surface area contributed by atoms with E-state index in [1.54, 1.807) is 7.05 Å². The molecule has 1 heterocycles. The average Bonchev–Trinajstić information content (AvgIpc) is 2.83. The zero-order valence-electron chi connectivity index (χ0n) is 9.61. The largest absolute Gasteiger partial charge is 0.386 e. The number of nitrogens with zero attached hydrogens (tertiary/aromatic N) is 1. The zero-order valence-corrected chi connectivity index (χ0v) is 10.4. The molecule has 0 saturated carbocycles. The first-order valence-electron chi connectivity index (χ1n) is 5.53. The predicted octanol–water partition coefficient (Wildman–Crippen LogP) is 1.65. The molecule has 0 atom stereocenters. The summed E-state index contributed by atoms with van der Waals surface area (Å²) in [5.74, 6) is -0.548.